The van der Waals surface area contributed by atoms with Crippen LogP contribution in [-0.4, -0.2) is 61.6 Å². The number of alkyl carbamates (subject to hydrolysis) is 1. The molecule has 10 heteroatoms. The predicted octanol–water partition coefficient (Wildman–Crippen LogP) is 3.19. The Morgan fingerprint density at radius 2 is 1.62 bits per heavy atom. The Labute approximate surface area is 215 Å². The number of fused-ring (bicyclic) bond motifs is 3. The molecule has 1 aliphatic carbocycles. The number of carbonyl (C=O) groups is 4. The quantitative estimate of drug-likeness (QED) is 0.199. The lowest BCUT2D eigenvalue weighted by atomic mass is 9.98. The van der Waals surface area contributed by atoms with E-state index in [1.54, 1.807) is 0 Å². The number of unbranched alkanes of at least 4 members (excludes halogenated alkanes) is 1. The average molecular weight is 513 g/mol. The Morgan fingerprint density at radius 1 is 0.973 bits per heavy atom. The molecule has 0 aliphatic heterocycles. The van der Waals surface area contributed by atoms with E-state index in [0.717, 1.165) is 35.1 Å². The summed E-state index contributed by atoms with van der Waals surface area (Å²) in [5.74, 6) is -2.45. The Morgan fingerprint density at radius 3 is 2.24 bits per heavy atom. The van der Waals surface area contributed by atoms with Crippen LogP contribution in [0.1, 0.15) is 49.7 Å². The first-order valence-electron chi connectivity index (χ1n) is 12.2. The molecule has 0 heterocycles. The Kier molecular flexibility index (Phi) is 10.5. The topological polar surface area (TPSA) is 140 Å². The van der Waals surface area contributed by atoms with Crippen molar-refractivity contribution in [3.05, 3.63) is 59.7 Å². The van der Waals surface area contributed by atoms with Crippen LogP contribution in [0.25, 0.3) is 11.1 Å². The number of ether oxygens (including phenoxy) is 3. The van der Waals surface area contributed by atoms with Crippen LogP contribution in [0.3, 0.4) is 0 Å². The first kappa shape index (κ1) is 27.7. The third-order valence-electron chi connectivity index (χ3n) is 5.92. The molecule has 0 radical (unpaired) electrons. The summed E-state index contributed by atoms with van der Waals surface area (Å²) in [6, 6.07) is 14.7. The molecule has 198 valence electrons. The van der Waals surface area contributed by atoms with Crippen LogP contribution in [0, 0.1) is 0 Å². The number of carboxylic acid groups (broad SMARTS) is 1. The number of hydrogen-bond donors (Lipinski definition) is 3. The lowest BCUT2D eigenvalue weighted by molar-refractivity contribution is -0.145. The van der Waals surface area contributed by atoms with Gasteiger partial charge in [0, 0.05) is 12.3 Å². The number of esters is 1. The van der Waals surface area contributed by atoms with E-state index in [9.17, 15) is 19.2 Å². The summed E-state index contributed by atoms with van der Waals surface area (Å²) in [7, 11) is 0. The maximum absolute atomic E-state index is 12.7. The Bertz CT molecular complexity index is 1060. The van der Waals surface area contributed by atoms with Crippen LogP contribution in [0.4, 0.5) is 4.79 Å². The highest BCUT2D eigenvalue weighted by atomic mass is 16.5. The van der Waals surface area contributed by atoms with Crippen LogP contribution in [0.5, 0.6) is 0 Å². The maximum Gasteiger partial charge on any atom is 0.407 e. The minimum absolute atomic E-state index is 0.0279. The van der Waals surface area contributed by atoms with Crippen molar-refractivity contribution in [1.82, 2.24) is 10.6 Å². The predicted molar refractivity (Wildman–Crippen MR) is 134 cm³/mol. The fourth-order valence-electron chi connectivity index (χ4n) is 4.10. The normalized spacial score (nSPS) is 12.7. The second-order valence-electron chi connectivity index (χ2n) is 8.56. The van der Waals surface area contributed by atoms with Crippen molar-refractivity contribution in [2.45, 2.75) is 44.6 Å². The van der Waals surface area contributed by atoms with Gasteiger partial charge in [-0.2, -0.15) is 0 Å². The summed E-state index contributed by atoms with van der Waals surface area (Å²) in [5, 5.41) is 13.6. The lowest BCUT2D eigenvalue weighted by Gasteiger charge is -2.19. The molecule has 0 saturated heterocycles. The molecule has 1 atom stereocenters. The second-order valence-corrected chi connectivity index (χ2v) is 8.56. The molecular formula is C27H32N2O8. The Hall–Kier alpha value is -3.92. The largest absolute Gasteiger partial charge is 0.480 e. The number of amides is 2. The zero-order valence-corrected chi connectivity index (χ0v) is 20.7. The molecule has 1 aliphatic rings. The van der Waals surface area contributed by atoms with Crippen LogP contribution in [-0.2, 0) is 28.6 Å². The molecule has 0 spiro atoms. The minimum Gasteiger partial charge on any atom is -0.480 e. The van der Waals surface area contributed by atoms with Gasteiger partial charge in [-0.25, -0.2) is 9.59 Å². The molecule has 0 saturated carbocycles. The van der Waals surface area contributed by atoms with Crippen molar-refractivity contribution in [1.29, 1.82) is 0 Å². The molecule has 2 aromatic carbocycles. The molecular weight excluding hydrogens is 480 g/mol. The van der Waals surface area contributed by atoms with Crippen LogP contribution in [0.15, 0.2) is 48.5 Å². The molecule has 2 amide bonds. The maximum atomic E-state index is 12.7. The molecule has 3 rings (SSSR count). The summed E-state index contributed by atoms with van der Waals surface area (Å²) in [4.78, 5) is 47.9. The number of carboxylic acids is 1. The van der Waals surface area contributed by atoms with Gasteiger partial charge in [0.05, 0.1) is 6.61 Å². The summed E-state index contributed by atoms with van der Waals surface area (Å²) in [6.07, 6.45) is 0.668. The van der Waals surface area contributed by atoms with Gasteiger partial charge in [0.25, 0.3) is 0 Å². The molecule has 10 nitrogen and oxygen atoms in total. The fraction of sp³-hybridized carbons (Fsp3) is 0.407. The van der Waals surface area contributed by atoms with E-state index in [2.05, 4.69) is 10.6 Å². The van der Waals surface area contributed by atoms with Crippen LogP contribution < -0.4 is 10.6 Å². The zero-order valence-electron chi connectivity index (χ0n) is 20.7. The van der Waals surface area contributed by atoms with E-state index < -0.39 is 36.6 Å². The van der Waals surface area contributed by atoms with E-state index >= 15 is 0 Å². The number of carbonyl (C=O) groups excluding carboxylic acids is 3. The van der Waals surface area contributed by atoms with Crippen LogP contribution in [0.2, 0.25) is 0 Å². The zero-order chi connectivity index (χ0) is 26.6. The number of aliphatic carboxylic acids is 1. The van der Waals surface area contributed by atoms with Crippen molar-refractivity contribution in [2.24, 2.45) is 0 Å². The summed E-state index contributed by atoms with van der Waals surface area (Å²) >= 11 is 0. The standard InChI is InChI=1S/C27H32N2O8/c1-2-3-14-36-25(32)13-12-23(26(33)28-17-35-16-24(30)31)29-27(34)37-15-22-20-10-6-4-8-18(20)19-9-5-7-11-21(19)22/h4-11,22-23H,2-3,12-17H2,1H3,(H,28,33)(H,29,34)(H,30,31)/t23-/m0/s1. The van der Waals surface area contributed by atoms with Crippen LogP contribution >= 0.6 is 0 Å². The van der Waals surface area contributed by atoms with Gasteiger partial charge in [0.2, 0.25) is 5.91 Å². The van der Waals surface area contributed by atoms with Gasteiger partial charge in [-0.3, -0.25) is 9.59 Å². The van der Waals surface area contributed by atoms with Gasteiger partial charge in [-0.15, -0.1) is 0 Å². The van der Waals surface area contributed by atoms with Gasteiger partial charge in [0.1, 0.15) is 26.0 Å². The highest BCUT2D eigenvalue weighted by Gasteiger charge is 2.30. The molecule has 0 unspecified atom stereocenters. The smallest absolute Gasteiger partial charge is 0.407 e. The number of benzene rings is 2. The van der Waals surface area contributed by atoms with Gasteiger partial charge in [0.15, 0.2) is 0 Å². The fourth-order valence-corrected chi connectivity index (χ4v) is 4.10. The first-order valence-corrected chi connectivity index (χ1v) is 12.2. The molecule has 0 fully saturated rings. The van der Waals surface area contributed by atoms with Crippen molar-refractivity contribution in [3.8, 4) is 11.1 Å². The number of nitrogens with one attached hydrogen (secondary N) is 2. The van der Waals surface area contributed by atoms with Crippen molar-refractivity contribution in [2.75, 3.05) is 26.6 Å². The molecule has 0 bridgehead atoms. The molecule has 37 heavy (non-hydrogen) atoms. The Balaban J connectivity index is 1.59. The van der Waals surface area contributed by atoms with Gasteiger partial charge in [-0.05, 0) is 35.1 Å². The first-order chi connectivity index (χ1) is 17.9. The molecule has 3 N–H and O–H groups in total. The van der Waals surface area contributed by atoms with Gasteiger partial charge < -0.3 is 30.0 Å². The SMILES string of the molecule is CCCCOC(=O)CC[C@H](NC(=O)OCC1c2ccccc2-c2ccccc21)C(=O)NCOCC(=O)O. The minimum atomic E-state index is -1.18. The van der Waals surface area contributed by atoms with E-state index in [0.29, 0.717) is 0 Å². The lowest BCUT2D eigenvalue weighted by Crippen LogP contribution is -2.48. The van der Waals surface area contributed by atoms with Crippen molar-refractivity contribution < 1.29 is 38.5 Å². The molecule has 2 aromatic rings. The second kappa shape index (κ2) is 14.0. The summed E-state index contributed by atoms with van der Waals surface area (Å²) < 4.78 is 15.5. The number of hydrogen-bond acceptors (Lipinski definition) is 7. The van der Waals surface area contributed by atoms with Crippen molar-refractivity contribution in [3.63, 3.8) is 0 Å². The van der Waals surface area contributed by atoms with E-state index in [4.69, 9.17) is 19.3 Å². The number of rotatable bonds is 14. The van der Waals surface area contributed by atoms with Crippen molar-refractivity contribution >= 4 is 23.9 Å². The van der Waals surface area contributed by atoms with E-state index in [1.165, 1.54) is 0 Å². The summed E-state index contributed by atoms with van der Waals surface area (Å²) in [6.45, 7) is 1.37. The van der Waals surface area contributed by atoms with Gasteiger partial charge >= 0.3 is 18.0 Å². The van der Waals surface area contributed by atoms with E-state index in [-0.39, 0.29) is 38.7 Å². The van der Waals surface area contributed by atoms with Gasteiger partial charge in [-0.1, -0.05) is 61.9 Å². The van der Waals surface area contributed by atoms with E-state index in [1.807, 2.05) is 55.5 Å². The average Bonchev–Trinajstić information content (AvgIpc) is 3.21. The highest BCUT2D eigenvalue weighted by Crippen LogP contribution is 2.44. The third-order valence-corrected chi connectivity index (χ3v) is 5.92. The molecule has 0 aromatic heterocycles. The third kappa shape index (κ3) is 8.04. The monoisotopic (exact) mass is 512 g/mol. The summed E-state index contributed by atoms with van der Waals surface area (Å²) in [5.41, 5.74) is 4.28. The highest BCUT2D eigenvalue weighted by molar-refractivity contribution is 5.86.